The molecule has 1 amide bonds. The molecule has 6 rings (SSSR count). The highest BCUT2D eigenvalue weighted by Crippen LogP contribution is 2.39. The Morgan fingerprint density at radius 3 is 2.58 bits per heavy atom. The number of pyridine rings is 1. The number of nitriles is 1. The van der Waals surface area contributed by atoms with Crippen LogP contribution in [0.5, 0.6) is 0 Å². The molecular weight excluding hydrogens is 567 g/mol. The summed E-state index contributed by atoms with van der Waals surface area (Å²) in [6, 6.07) is 12.6. The summed E-state index contributed by atoms with van der Waals surface area (Å²) in [5, 5.41) is 25.2. The second kappa shape index (κ2) is 11.9. The molecule has 0 spiro atoms. The van der Waals surface area contributed by atoms with Crippen LogP contribution in [-0.2, 0) is 11.2 Å². The zero-order chi connectivity index (χ0) is 30.2. The van der Waals surface area contributed by atoms with Gasteiger partial charge in [0.05, 0.1) is 29.5 Å². The number of carbonyl (C=O) groups excluding carboxylic acids is 1. The number of anilines is 3. The number of aliphatic hydroxyl groups excluding tert-OH is 1. The number of hydrogen-bond acceptors (Lipinski definition) is 9. The number of aliphatic hydroxyl groups is 1. The van der Waals surface area contributed by atoms with Gasteiger partial charge in [0.15, 0.2) is 5.13 Å². The van der Waals surface area contributed by atoms with Gasteiger partial charge in [-0.05, 0) is 56.2 Å². The first-order valence-corrected chi connectivity index (χ1v) is 15.4. The summed E-state index contributed by atoms with van der Waals surface area (Å²) in [5.41, 5.74) is 6.16. The van der Waals surface area contributed by atoms with E-state index in [9.17, 15) is 19.6 Å². The number of hydrogen-bond donors (Lipinski definition) is 1. The van der Waals surface area contributed by atoms with Crippen molar-refractivity contribution in [1.29, 1.82) is 5.26 Å². The van der Waals surface area contributed by atoms with Crippen LogP contribution in [0.25, 0.3) is 16.8 Å². The van der Waals surface area contributed by atoms with Crippen LogP contribution in [0.15, 0.2) is 36.4 Å². The van der Waals surface area contributed by atoms with Crippen LogP contribution in [0.3, 0.4) is 0 Å². The van der Waals surface area contributed by atoms with E-state index in [1.165, 1.54) is 23.5 Å². The van der Waals surface area contributed by atoms with E-state index < -0.39 is 6.10 Å². The van der Waals surface area contributed by atoms with E-state index in [-0.39, 0.29) is 11.7 Å². The first-order valence-electron chi connectivity index (χ1n) is 14.6. The highest BCUT2D eigenvalue weighted by molar-refractivity contribution is 7.16. The minimum atomic E-state index is -0.402. The molecule has 1 N–H and O–H groups in total. The lowest BCUT2D eigenvalue weighted by Gasteiger charge is -2.36. The van der Waals surface area contributed by atoms with Gasteiger partial charge >= 0.3 is 0 Å². The third-order valence-electron chi connectivity index (χ3n) is 8.35. The van der Waals surface area contributed by atoms with Gasteiger partial charge in [0, 0.05) is 63.3 Å². The van der Waals surface area contributed by atoms with Crippen molar-refractivity contribution in [1.82, 2.24) is 24.4 Å². The Balaban J connectivity index is 1.25. The zero-order valence-electron chi connectivity index (χ0n) is 24.6. The monoisotopic (exact) mass is 602 g/mol. The molecule has 2 saturated heterocycles. The van der Waals surface area contributed by atoms with Gasteiger partial charge in [0.2, 0.25) is 5.91 Å². The van der Waals surface area contributed by atoms with E-state index >= 15 is 0 Å². The van der Waals surface area contributed by atoms with Gasteiger partial charge in [-0.1, -0.05) is 18.3 Å². The quantitative estimate of drug-likeness (QED) is 0.341. The van der Waals surface area contributed by atoms with Gasteiger partial charge < -0.3 is 19.8 Å². The molecule has 12 heteroatoms. The van der Waals surface area contributed by atoms with Gasteiger partial charge in [0.25, 0.3) is 0 Å². The third-order valence-corrected chi connectivity index (χ3v) is 9.38. The fourth-order valence-electron chi connectivity index (χ4n) is 5.96. The molecule has 1 atom stereocenters. The highest BCUT2D eigenvalue weighted by atomic mass is 32.1. The molecule has 5 heterocycles. The van der Waals surface area contributed by atoms with Crippen LogP contribution < -0.4 is 9.80 Å². The number of piperazine rings is 1. The summed E-state index contributed by atoms with van der Waals surface area (Å²) in [6.45, 7) is 8.73. The van der Waals surface area contributed by atoms with Crippen molar-refractivity contribution in [3.8, 4) is 17.3 Å². The average molecular weight is 603 g/mol. The maximum absolute atomic E-state index is 13.5. The Kier molecular flexibility index (Phi) is 8.05. The fourth-order valence-corrected chi connectivity index (χ4v) is 6.82. The fraction of sp³-hybridized carbons (Fsp3) is 0.419. The molecule has 0 unspecified atom stereocenters. The molecule has 43 heavy (non-hydrogen) atoms. The summed E-state index contributed by atoms with van der Waals surface area (Å²) < 4.78 is 15.5. The van der Waals surface area contributed by atoms with E-state index in [0.29, 0.717) is 47.3 Å². The Morgan fingerprint density at radius 2 is 1.93 bits per heavy atom. The summed E-state index contributed by atoms with van der Waals surface area (Å²) >= 11 is 1.31. The molecule has 10 nitrogen and oxygen atoms in total. The first-order chi connectivity index (χ1) is 20.7. The second-order valence-electron chi connectivity index (χ2n) is 11.2. The smallest absolute Gasteiger partial charge is 0.236 e. The SMILES string of the molecule is CCc1nn2c(C)cc(N3CCN(CC(=O)N4CC[C@H](O)C4)CC3)cc2c1N(C)c1nc(-c2ccc(F)cc2)c(C#N)s1. The van der Waals surface area contributed by atoms with Crippen LogP contribution in [0, 0.1) is 24.1 Å². The Morgan fingerprint density at radius 1 is 1.19 bits per heavy atom. The molecule has 1 aromatic carbocycles. The van der Waals surface area contributed by atoms with Crippen LogP contribution in [0.1, 0.15) is 29.6 Å². The van der Waals surface area contributed by atoms with Crippen LogP contribution in [0.2, 0.25) is 0 Å². The topological polar surface area (TPSA) is 104 Å². The number of amides is 1. The lowest BCUT2D eigenvalue weighted by molar-refractivity contribution is -0.131. The number of nitrogens with zero attached hydrogens (tertiary/aromatic N) is 8. The molecule has 0 saturated carbocycles. The minimum Gasteiger partial charge on any atom is -0.391 e. The number of fused-ring (bicyclic) bond motifs is 1. The van der Waals surface area contributed by atoms with Crippen LogP contribution >= 0.6 is 11.3 Å². The van der Waals surface area contributed by atoms with Crippen molar-refractivity contribution in [2.75, 3.05) is 62.7 Å². The maximum Gasteiger partial charge on any atom is 0.236 e. The normalized spacial score (nSPS) is 17.5. The minimum absolute atomic E-state index is 0.0885. The Bertz CT molecular complexity index is 1690. The number of β-amino-alcohol motifs (C(OH)–C–C–N with tert-alkyl or cyclic N) is 1. The molecule has 224 valence electrons. The summed E-state index contributed by atoms with van der Waals surface area (Å²) in [6.07, 6.45) is 0.975. The van der Waals surface area contributed by atoms with Gasteiger partial charge in [-0.25, -0.2) is 13.9 Å². The third kappa shape index (κ3) is 5.68. The standard InChI is InChI=1S/C31H35FN8O2S/c1-4-25-30(36(3)31-34-29(27(17-33)43-31)21-5-7-22(32)8-6-21)26-16-23(15-20(2)40(26)35-25)38-13-11-37(12-14-38)19-28(42)39-10-9-24(41)18-39/h5-8,15-16,24,41H,4,9-14,18-19H2,1-3H3/t24-/m0/s1. The highest BCUT2D eigenvalue weighted by Gasteiger charge is 2.28. The molecule has 2 aliphatic heterocycles. The number of rotatable bonds is 7. The molecule has 0 bridgehead atoms. The van der Waals surface area contributed by atoms with Crippen molar-refractivity contribution in [2.45, 2.75) is 32.8 Å². The van der Waals surface area contributed by atoms with E-state index in [1.54, 1.807) is 17.0 Å². The Labute approximate surface area is 254 Å². The van der Waals surface area contributed by atoms with Crippen molar-refractivity contribution < 1.29 is 14.3 Å². The zero-order valence-corrected chi connectivity index (χ0v) is 25.4. The van der Waals surface area contributed by atoms with Crippen molar-refractivity contribution in [2.24, 2.45) is 0 Å². The van der Waals surface area contributed by atoms with Crippen molar-refractivity contribution >= 4 is 39.3 Å². The lowest BCUT2D eigenvalue weighted by Crippen LogP contribution is -2.50. The second-order valence-corrected chi connectivity index (χ2v) is 12.2. The predicted octanol–water partition coefficient (Wildman–Crippen LogP) is 3.82. The van der Waals surface area contributed by atoms with Gasteiger partial charge in [-0.15, -0.1) is 0 Å². The molecule has 0 radical (unpaired) electrons. The van der Waals surface area contributed by atoms with E-state index in [2.05, 4.69) is 41.8 Å². The average Bonchev–Trinajstić information content (AvgIpc) is 3.74. The van der Waals surface area contributed by atoms with Crippen molar-refractivity contribution in [3.05, 3.63) is 58.5 Å². The van der Waals surface area contributed by atoms with E-state index in [1.807, 2.05) is 16.5 Å². The maximum atomic E-state index is 13.5. The molecule has 0 aliphatic carbocycles. The van der Waals surface area contributed by atoms with E-state index in [0.717, 1.165) is 60.9 Å². The number of thiazole rings is 1. The Hall–Kier alpha value is -4.05. The largest absolute Gasteiger partial charge is 0.391 e. The number of aromatic nitrogens is 3. The number of aryl methyl sites for hydroxylation is 2. The number of carbonyl (C=O) groups is 1. The summed E-state index contributed by atoms with van der Waals surface area (Å²) in [5.74, 6) is -0.247. The van der Waals surface area contributed by atoms with Gasteiger partial charge in [0.1, 0.15) is 22.5 Å². The number of halogens is 1. The predicted molar refractivity (Wildman–Crippen MR) is 165 cm³/mol. The van der Waals surface area contributed by atoms with Gasteiger partial charge in [-0.3, -0.25) is 9.69 Å². The van der Waals surface area contributed by atoms with Crippen LogP contribution in [0.4, 0.5) is 20.9 Å². The molecule has 2 aliphatic rings. The summed E-state index contributed by atoms with van der Waals surface area (Å²) in [7, 11) is 1.95. The molecule has 2 fully saturated rings. The molecule has 4 aromatic rings. The summed E-state index contributed by atoms with van der Waals surface area (Å²) in [4.78, 5) is 26.3. The molecule has 3 aromatic heterocycles. The first kappa shape index (κ1) is 29.0. The van der Waals surface area contributed by atoms with Crippen LogP contribution in [-0.4, -0.2) is 94.4 Å². The lowest BCUT2D eigenvalue weighted by atomic mass is 10.1. The number of benzene rings is 1. The number of likely N-dealkylation sites (tertiary alicyclic amines) is 1. The van der Waals surface area contributed by atoms with E-state index in [4.69, 9.17) is 10.1 Å². The van der Waals surface area contributed by atoms with Gasteiger partial charge in [-0.2, -0.15) is 10.4 Å². The van der Waals surface area contributed by atoms with Crippen molar-refractivity contribution in [3.63, 3.8) is 0 Å². The molecular formula is C31H35FN8O2S.